The van der Waals surface area contributed by atoms with Crippen molar-refractivity contribution >= 4 is 24.0 Å². The van der Waals surface area contributed by atoms with Gasteiger partial charge in [-0.05, 0) is 43.4 Å². The van der Waals surface area contributed by atoms with Crippen molar-refractivity contribution in [2.24, 2.45) is 11.8 Å². The van der Waals surface area contributed by atoms with Gasteiger partial charge in [0.2, 0.25) is 12.3 Å². The minimum Gasteiger partial charge on any atom is -0.348 e. The van der Waals surface area contributed by atoms with Crippen LogP contribution in [0.2, 0.25) is 0 Å². The SMILES string of the molecule is CN(C=O)C[C@@H](CC1CCCC1)C(=O)N1CCCCN1C(=O)Nc1cc(C(F)(F)F)cc(C(F)(F)F)c1. The Hall–Kier alpha value is -2.99. The zero-order valence-electron chi connectivity index (χ0n) is 20.4. The quantitative estimate of drug-likeness (QED) is 0.376. The molecule has 0 aromatic heterocycles. The minimum atomic E-state index is -5.06. The molecule has 1 saturated heterocycles. The second kappa shape index (κ2) is 11.6. The maximum Gasteiger partial charge on any atom is 0.416 e. The van der Waals surface area contributed by atoms with E-state index in [4.69, 9.17) is 0 Å². The first-order valence-electron chi connectivity index (χ1n) is 12.1. The van der Waals surface area contributed by atoms with Crippen LogP contribution in [0.4, 0.5) is 36.8 Å². The fourth-order valence-electron chi connectivity index (χ4n) is 4.92. The number of hydrogen-bond acceptors (Lipinski definition) is 3. The van der Waals surface area contributed by atoms with E-state index in [1.807, 2.05) is 0 Å². The molecule has 1 heterocycles. The molecule has 1 aromatic rings. The highest BCUT2D eigenvalue weighted by atomic mass is 19.4. The van der Waals surface area contributed by atoms with Crippen LogP contribution in [0.3, 0.4) is 0 Å². The number of urea groups is 1. The number of amides is 4. The molecule has 0 radical (unpaired) electrons. The van der Waals surface area contributed by atoms with E-state index < -0.39 is 47.0 Å². The Labute approximate surface area is 210 Å². The van der Waals surface area contributed by atoms with E-state index in [2.05, 4.69) is 5.32 Å². The monoisotopic (exact) mass is 536 g/mol. The summed E-state index contributed by atoms with van der Waals surface area (Å²) in [6.45, 7) is 0.351. The second-order valence-electron chi connectivity index (χ2n) is 9.64. The molecular formula is C24H30F6N4O3. The van der Waals surface area contributed by atoms with Crippen LogP contribution in [0.1, 0.15) is 56.1 Å². The molecule has 206 valence electrons. The zero-order valence-corrected chi connectivity index (χ0v) is 20.4. The lowest BCUT2D eigenvalue weighted by molar-refractivity contribution is -0.152. The number of carbonyl (C=O) groups excluding carboxylic acids is 3. The van der Waals surface area contributed by atoms with Crippen molar-refractivity contribution in [3.05, 3.63) is 29.3 Å². The van der Waals surface area contributed by atoms with E-state index in [1.165, 1.54) is 17.0 Å². The summed E-state index contributed by atoms with van der Waals surface area (Å²) >= 11 is 0. The predicted octanol–water partition coefficient (Wildman–Crippen LogP) is 5.38. The van der Waals surface area contributed by atoms with E-state index in [9.17, 15) is 40.7 Å². The Balaban J connectivity index is 1.83. The van der Waals surface area contributed by atoms with Crippen molar-refractivity contribution in [3.8, 4) is 0 Å². The maximum absolute atomic E-state index is 13.5. The third-order valence-corrected chi connectivity index (χ3v) is 6.74. The molecule has 1 saturated carbocycles. The van der Waals surface area contributed by atoms with Gasteiger partial charge in [-0.1, -0.05) is 25.7 Å². The van der Waals surface area contributed by atoms with Crippen LogP contribution in [0.25, 0.3) is 0 Å². The van der Waals surface area contributed by atoms with Crippen LogP contribution in [0, 0.1) is 11.8 Å². The molecule has 3 rings (SSSR count). The molecule has 0 spiro atoms. The molecule has 1 atom stereocenters. The molecule has 13 heteroatoms. The molecule has 1 aliphatic carbocycles. The van der Waals surface area contributed by atoms with Crippen LogP contribution >= 0.6 is 0 Å². The standard InChI is InChI=1S/C24H30F6N4O3/c1-32(15-35)14-17(10-16-6-2-3-7-16)21(36)33-8-4-5-9-34(33)22(37)31-20-12-18(23(25,26)27)11-19(13-20)24(28,29)30/h11-13,15-17H,2-10,14H2,1H3,(H,31,37)/t17-/m1/s1. The Morgan fingerprint density at radius 2 is 1.51 bits per heavy atom. The first-order valence-corrected chi connectivity index (χ1v) is 12.1. The van der Waals surface area contributed by atoms with Gasteiger partial charge in [-0.15, -0.1) is 0 Å². The number of nitrogens with one attached hydrogen (secondary N) is 1. The number of halogens is 6. The number of alkyl halides is 6. The van der Waals surface area contributed by atoms with Gasteiger partial charge in [0.25, 0.3) is 0 Å². The Morgan fingerprint density at radius 3 is 2.03 bits per heavy atom. The van der Waals surface area contributed by atoms with Crippen molar-refractivity contribution in [3.63, 3.8) is 0 Å². The number of benzene rings is 1. The number of anilines is 1. The molecule has 1 aromatic carbocycles. The van der Waals surface area contributed by atoms with Crippen LogP contribution in [-0.4, -0.2) is 59.9 Å². The lowest BCUT2D eigenvalue weighted by atomic mass is 9.91. The van der Waals surface area contributed by atoms with Gasteiger partial charge in [0.05, 0.1) is 17.0 Å². The number of carbonyl (C=O) groups is 3. The van der Waals surface area contributed by atoms with Crippen LogP contribution in [0.15, 0.2) is 18.2 Å². The van der Waals surface area contributed by atoms with Crippen molar-refractivity contribution in [1.82, 2.24) is 14.9 Å². The van der Waals surface area contributed by atoms with Crippen molar-refractivity contribution in [1.29, 1.82) is 0 Å². The molecule has 0 unspecified atom stereocenters. The van der Waals surface area contributed by atoms with Crippen molar-refractivity contribution in [2.75, 3.05) is 32.0 Å². The van der Waals surface area contributed by atoms with Crippen LogP contribution < -0.4 is 5.32 Å². The van der Waals surface area contributed by atoms with E-state index in [1.54, 1.807) is 0 Å². The average molecular weight is 537 g/mol. The highest BCUT2D eigenvalue weighted by Gasteiger charge is 2.38. The van der Waals surface area contributed by atoms with E-state index in [0.29, 0.717) is 43.7 Å². The fraction of sp³-hybridized carbons (Fsp3) is 0.625. The number of hydrazine groups is 1. The van der Waals surface area contributed by atoms with Crippen molar-refractivity contribution in [2.45, 2.75) is 57.3 Å². The van der Waals surface area contributed by atoms with Gasteiger partial charge in [-0.3, -0.25) is 9.59 Å². The third kappa shape index (κ3) is 7.51. The number of nitrogens with zero attached hydrogens (tertiary/aromatic N) is 3. The minimum absolute atomic E-state index is 0.0243. The summed E-state index contributed by atoms with van der Waals surface area (Å²) in [5.74, 6) is -0.709. The summed E-state index contributed by atoms with van der Waals surface area (Å²) in [6, 6.07) is -0.191. The Morgan fingerprint density at radius 1 is 0.973 bits per heavy atom. The van der Waals surface area contributed by atoms with Gasteiger partial charge in [-0.25, -0.2) is 14.8 Å². The first kappa shape index (κ1) is 28.6. The van der Waals surface area contributed by atoms with Crippen LogP contribution in [-0.2, 0) is 21.9 Å². The molecule has 2 fully saturated rings. The van der Waals surface area contributed by atoms with Crippen LogP contribution in [0.5, 0.6) is 0 Å². The summed E-state index contributed by atoms with van der Waals surface area (Å²) in [5.41, 5.74) is -3.80. The van der Waals surface area contributed by atoms with Gasteiger partial charge in [0.1, 0.15) is 0 Å². The lowest BCUT2D eigenvalue weighted by Gasteiger charge is -2.40. The van der Waals surface area contributed by atoms with E-state index in [0.717, 1.165) is 30.7 Å². The molecule has 4 amide bonds. The maximum atomic E-state index is 13.5. The summed E-state index contributed by atoms with van der Waals surface area (Å²) < 4.78 is 79.3. The first-order chi connectivity index (χ1) is 17.3. The Kier molecular flexibility index (Phi) is 8.96. The van der Waals surface area contributed by atoms with E-state index in [-0.39, 0.29) is 25.7 Å². The highest BCUT2D eigenvalue weighted by molar-refractivity contribution is 5.91. The summed E-state index contributed by atoms with van der Waals surface area (Å²) in [4.78, 5) is 39.1. The lowest BCUT2D eigenvalue weighted by Crippen LogP contribution is -2.57. The van der Waals surface area contributed by atoms with Gasteiger partial charge in [-0.2, -0.15) is 26.3 Å². The molecule has 1 aliphatic heterocycles. The Bertz CT molecular complexity index is 946. The topological polar surface area (TPSA) is 73.0 Å². The fourth-order valence-corrected chi connectivity index (χ4v) is 4.92. The normalized spacial score (nSPS) is 18.0. The highest BCUT2D eigenvalue weighted by Crippen LogP contribution is 2.38. The molecular weight excluding hydrogens is 506 g/mol. The van der Waals surface area contributed by atoms with Gasteiger partial charge in [0.15, 0.2) is 0 Å². The van der Waals surface area contributed by atoms with Crippen molar-refractivity contribution < 1.29 is 40.7 Å². The molecule has 1 N–H and O–H groups in total. The third-order valence-electron chi connectivity index (χ3n) is 6.74. The van der Waals surface area contributed by atoms with Gasteiger partial charge < -0.3 is 10.2 Å². The smallest absolute Gasteiger partial charge is 0.348 e. The number of hydrogen-bond donors (Lipinski definition) is 1. The average Bonchev–Trinajstić information content (AvgIpc) is 3.35. The number of rotatable bonds is 7. The van der Waals surface area contributed by atoms with E-state index >= 15 is 0 Å². The largest absolute Gasteiger partial charge is 0.416 e. The molecule has 7 nitrogen and oxygen atoms in total. The molecule has 37 heavy (non-hydrogen) atoms. The summed E-state index contributed by atoms with van der Waals surface area (Å²) in [7, 11) is 1.54. The van der Waals surface area contributed by atoms with Gasteiger partial charge >= 0.3 is 18.4 Å². The van der Waals surface area contributed by atoms with Gasteiger partial charge in [0, 0.05) is 32.4 Å². The second-order valence-corrected chi connectivity index (χ2v) is 9.64. The predicted molar refractivity (Wildman–Crippen MR) is 122 cm³/mol. The molecule has 2 aliphatic rings. The zero-order chi connectivity index (χ0) is 27.4. The summed E-state index contributed by atoms with van der Waals surface area (Å²) in [6.07, 6.45) is -3.95. The summed E-state index contributed by atoms with van der Waals surface area (Å²) in [5, 5.41) is 4.35. The molecule has 0 bridgehead atoms.